The minimum absolute atomic E-state index is 0.0457. The molecule has 1 amide bonds. The lowest BCUT2D eigenvalue weighted by Crippen LogP contribution is -2.40. The standard InChI is InChI=1S/C15H21FN2O2/c1-2-20-13-8-11(16)4-5-12(13)18-14(19)9-15(10-17)6-3-7-15/h4-5,8H,2-3,6-7,9-10,17H2,1H3,(H,18,19). The van der Waals surface area contributed by atoms with Crippen LogP contribution in [0.3, 0.4) is 0 Å². The van der Waals surface area contributed by atoms with Gasteiger partial charge in [-0.1, -0.05) is 6.42 Å². The minimum Gasteiger partial charge on any atom is -0.492 e. The maximum absolute atomic E-state index is 13.2. The van der Waals surface area contributed by atoms with Gasteiger partial charge in [0.1, 0.15) is 11.6 Å². The van der Waals surface area contributed by atoms with E-state index in [0.717, 1.165) is 19.3 Å². The number of halogens is 1. The number of nitrogens with two attached hydrogens (primary N) is 1. The molecule has 20 heavy (non-hydrogen) atoms. The molecule has 5 heteroatoms. The van der Waals surface area contributed by atoms with Crippen LogP contribution >= 0.6 is 0 Å². The van der Waals surface area contributed by atoms with E-state index in [1.165, 1.54) is 18.2 Å². The molecule has 1 aromatic rings. The highest BCUT2D eigenvalue weighted by Gasteiger charge is 2.37. The highest BCUT2D eigenvalue weighted by Crippen LogP contribution is 2.43. The van der Waals surface area contributed by atoms with Gasteiger partial charge in [0.25, 0.3) is 0 Å². The molecule has 1 fully saturated rings. The van der Waals surface area contributed by atoms with Gasteiger partial charge in [0.05, 0.1) is 12.3 Å². The predicted molar refractivity (Wildman–Crippen MR) is 76.2 cm³/mol. The van der Waals surface area contributed by atoms with Crippen molar-refractivity contribution in [1.29, 1.82) is 0 Å². The fourth-order valence-corrected chi connectivity index (χ4v) is 2.54. The number of carbonyl (C=O) groups is 1. The van der Waals surface area contributed by atoms with Crippen molar-refractivity contribution in [1.82, 2.24) is 0 Å². The van der Waals surface area contributed by atoms with E-state index in [4.69, 9.17) is 10.5 Å². The van der Waals surface area contributed by atoms with Crippen LogP contribution in [0.1, 0.15) is 32.6 Å². The zero-order valence-corrected chi connectivity index (χ0v) is 11.7. The van der Waals surface area contributed by atoms with Gasteiger partial charge in [0.2, 0.25) is 5.91 Å². The van der Waals surface area contributed by atoms with Crippen LogP contribution in [0.25, 0.3) is 0 Å². The summed E-state index contributed by atoms with van der Waals surface area (Å²) in [5, 5.41) is 2.79. The monoisotopic (exact) mass is 280 g/mol. The Morgan fingerprint density at radius 3 is 2.80 bits per heavy atom. The predicted octanol–water partition coefficient (Wildman–Crippen LogP) is 2.68. The molecule has 0 aliphatic heterocycles. The van der Waals surface area contributed by atoms with E-state index in [2.05, 4.69) is 5.32 Å². The van der Waals surface area contributed by atoms with Gasteiger partial charge in [-0.15, -0.1) is 0 Å². The topological polar surface area (TPSA) is 64.3 Å². The second-order valence-corrected chi connectivity index (χ2v) is 5.36. The zero-order chi connectivity index (χ0) is 14.6. The highest BCUT2D eigenvalue weighted by atomic mass is 19.1. The fraction of sp³-hybridized carbons (Fsp3) is 0.533. The van der Waals surface area contributed by atoms with E-state index < -0.39 is 0 Å². The highest BCUT2D eigenvalue weighted by molar-refractivity contribution is 5.92. The maximum atomic E-state index is 13.2. The molecule has 0 saturated heterocycles. The summed E-state index contributed by atoms with van der Waals surface area (Å²) in [4.78, 5) is 12.1. The molecule has 0 radical (unpaired) electrons. The lowest BCUT2D eigenvalue weighted by Gasteiger charge is -2.40. The van der Waals surface area contributed by atoms with Gasteiger partial charge in [-0.3, -0.25) is 4.79 Å². The summed E-state index contributed by atoms with van der Waals surface area (Å²) in [6, 6.07) is 4.11. The molecule has 1 aliphatic carbocycles. The third-order valence-corrected chi connectivity index (χ3v) is 3.90. The van der Waals surface area contributed by atoms with Crippen LogP contribution in [-0.4, -0.2) is 19.1 Å². The van der Waals surface area contributed by atoms with Gasteiger partial charge in [-0.2, -0.15) is 0 Å². The molecule has 1 saturated carbocycles. The van der Waals surface area contributed by atoms with Crippen molar-refractivity contribution in [3.8, 4) is 5.75 Å². The lowest BCUT2D eigenvalue weighted by atomic mass is 9.66. The van der Waals surface area contributed by atoms with Crippen molar-refractivity contribution >= 4 is 11.6 Å². The minimum atomic E-state index is -0.385. The summed E-state index contributed by atoms with van der Waals surface area (Å²) in [6.07, 6.45) is 3.54. The number of nitrogens with one attached hydrogen (secondary N) is 1. The van der Waals surface area contributed by atoms with E-state index in [-0.39, 0.29) is 17.1 Å². The first-order valence-corrected chi connectivity index (χ1v) is 7.01. The molecule has 1 aromatic carbocycles. The van der Waals surface area contributed by atoms with Crippen LogP contribution < -0.4 is 15.8 Å². The van der Waals surface area contributed by atoms with Crippen molar-refractivity contribution in [2.45, 2.75) is 32.6 Å². The second-order valence-electron chi connectivity index (χ2n) is 5.36. The number of amides is 1. The van der Waals surface area contributed by atoms with Gasteiger partial charge in [-0.05, 0) is 43.9 Å². The van der Waals surface area contributed by atoms with Crippen molar-refractivity contribution in [2.24, 2.45) is 11.1 Å². The smallest absolute Gasteiger partial charge is 0.225 e. The second kappa shape index (κ2) is 6.22. The average Bonchev–Trinajstić information content (AvgIpc) is 2.37. The number of carbonyl (C=O) groups excluding carboxylic acids is 1. The van der Waals surface area contributed by atoms with E-state index >= 15 is 0 Å². The van der Waals surface area contributed by atoms with E-state index in [1.807, 2.05) is 6.92 Å². The molecule has 110 valence electrons. The van der Waals surface area contributed by atoms with Crippen LogP contribution in [0, 0.1) is 11.2 Å². The summed E-state index contributed by atoms with van der Waals surface area (Å²) >= 11 is 0. The Balaban J connectivity index is 2.03. The number of rotatable bonds is 6. The Hall–Kier alpha value is -1.62. The first kappa shape index (κ1) is 14.8. The molecular formula is C15H21FN2O2. The van der Waals surface area contributed by atoms with Crippen LogP contribution in [0.2, 0.25) is 0 Å². The number of anilines is 1. The quantitative estimate of drug-likeness (QED) is 0.842. The van der Waals surface area contributed by atoms with Crippen molar-refractivity contribution in [2.75, 3.05) is 18.5 Å². The van der Waals surface area contributed by atoms with Gasteiger partial charge < -0.3 is 15.8 Å². The van der Waals surface area contributed by atoms with E-state index in [1.54, 1.807) is 0 Å². The Labute approximate surface area is 118 Å². The van der Waals surface area contributed by atoms with Crippen molar-refractivity contribution < 1.29 is 13.9 Å². The van der Waals surface area contributed by atoms with Crippen LogP contribution in [0.4, 0.5) is 10.1 Å². The summed E-state index contributed by atoms with van der Waals surface area (Å²) in [6.45, 7) is 2.76. The third-order valence-electron chi connectivity index (χ3n) is 3.90. The first-order valence-electron chi connectivity index (χ1n) is 7.01. The molecule has 0 spiro atoms. The molecule has 1 aliphatic rings. The Bertz CT molecular complexity index is 481. The normalized spacial score (nSPS) is 16.4. The van der Waals surface area contributed by atoms with Gasteiger partial charge in [0.15, 0.2) is 0 Å². The molecule has 4 nitrogen and oxygen atoms in total. The first-order chi connectivity index (χ1) is 9.58. The summed E-state index contributed by atoms with van der Waals surface area (Å²) in [5.41, 5.74) is 6.21. The Morgan fingerprint density at radius 2 is 2.25 bits per heavy atom. The molecule has 0 atom stereocenters. The SMILES string of the molecule is CCOc1cc(F)ccc1NC(=O)CC1(CN)CCC1. The van der Waals surface area contributed by atoms with Crippen molar-refractivity contribution in [3.63, 3.8) is 0 Å². The molecule has 0 heterocycles. The number of hydrogen-bond donors (Lipinski definition) is 2. The van der Waals surface area contributed by atoms with Crippen LogP contribution in [0.5, 0.6) is 5.75 Å². The van der Waals surface area contributed by atoms with Crippen LogP contribution in [-0.2, 0) is 4.79 Å². The summed E-state index contributed by atoms with van der Waals surface area (Å²) < 4.78 is 18.5. The third kappa shape index (κ3) is 3.28. The number of ether oxygens (including phenoxy) is 1. The molecular weight excluding hydrogens is 259 g/mol. The fourth-order valence-electron chi connectivity index (χ4n) is 2.54. The zero-order valence-electron chi connectivity index (χ0n) is 11.7. The van der Waals surface area contributed by atoms with Crippen LogP contribution in [0.15, 0.2) is 18.2 Å². The largest absolute Gasteiger partial charge is 0.492 e. The molecule has 3 N–H and O–H groups in total. The lowest BCUT2D eigenvalue weighted by molar-refractivity contribution is -0.119. The Kier molecular flexibility index (Phi) is 4.60. The molecule has 0 unspecified atom stereocenters. The molecule has 0 aromatic heterocycles. The number of benzene rings is 1. The Morgan fingerprint density at radius 1 is 1.50 bits per heavy atom. The van der Waals surface area contributed by atoms with E-state index in [0.29, 0.717) is 31.0 Å². The van der Waals surface area contributed by atoms with Crippen molar-refractivity contribution in [3.05, 3.63) is 24.0 Å². The number of hydrogen-bond acceptors (Lipinski definition) is 3. The van der Waals surface area contributed by atoms with Gasteiger partial charge in [-0.25, -0.2) is 4.39 Å². The maximum Gasteiger partial charge on any atom is 0.225 e. The molecule has 0 bridgehead atoms. The van der Waals surface area contributed by atoms with Gasteiger partial charge >= 0.3 is 0 Å². The average molecular weight is 280 g/mol. The summed E-state index contributed by atoms with van der Waals surface area (Å²) in [5.74, 6) is -0.122. The summed E-state index contributed by atoms with van der Waals surface area (Å²) in [7, 11) is 0. The van der Waals surface area contributed by atoms with E-state index in [9.17, 15) is 9.18 Å². The van der Waals surface area contributed by atoms with Gasteiger partial charge in [0, 0.05) is 12.5 Å². The molecule has 2 rings (SSSR count).